The summed E-state index contributed by atoms with van der Waals surface area (Å²) in [5.74, 6) is -1.32. The van der Waals surface area contributed by atoms with Crippen molar-refractivity contribution in [3.05, 3.63) is 44.8 Å². The Morgan fingerprint density at radius 3 is 2.82 bits per heavy atom. The summed E-state index contributed by atoms with van der Waals surface area (Å²) >= 11 is 5.79. The molecule has 0 aliphatic heterocycles. The molecule has 0 spiro atoms. The number of carboxylic acids is 1. The molecule has 0 radical (unpaired) electrons. The summed E-state index contributed by atoms with van der Waals surface area (Å²) in [6, 6.07) is 5.89. The highest BCUT2D eigenvalue weighted by Crippen LogP contribution is 2.26. The zero-order valence-corrected chi connectivity index (χ0v) is 9.09. The summed E-state index contributed by atoms with van der Waals surface area (Å²) in [5, 5.41) is 20.7. The molecule has 1 rings (SSSR count). The second-order valence-corrected chi connectivity index (χ2v) is 3.28. The minimum atomic E-state index is -1.32. The fraction of sp³-hybridized carbons (Fsp3) is 0. The Balaban J connectivity index is 3.19. The molecule has 0 aromatic heterocycles. The molecule has 1 aromatic rings. The lowest BCUT2D eigenvalue weighted by Crippen LogP contribution is -1.97. The van der Waals surface area contributed by atoms with Crippen LogP contribution < -0.4 is 0 Å². The molecule has 0 saturated carbocycles. The standard InChI is InChI=1S/C10H5ClN4O2/c11-8-4-6(1-2-9(8)14-15-13)3-7(5-12)10(16)17/h1-4H,(H,16,17). The van der Waals surface area contributed by atoms with Crippen LogP contribution in [-0.2, 0) is 4.79 Å². The molecule has 17 heavy (non-hydrogen) atoms. The quantitative estimate of drug-likeness (QED) is 0.291. The van der Waals surface area contributed by atoms with Crippen LogP contribution in [0.25, 0.3) is 16.5 Å². The van der Waals surface area contributed by atoms with Crippen LogP contribution in [0.5, 0.6) is 0 Å². The molecule has 7 heteroatoms. The number of rotatable bonds is 3. The van der Waals surface area contributed by atoms with E-state index in [9.17, 15) is 4.79 Å². The average Bonchev–Trinajstić information content (AvgIpc) is 2.29. The second kappa shape index (κ2) is 5.56. The van der Waals surface area contributed by atoms with Crippen LogP contribution in [0.3, 0.4) is 0 Å². The lowest BCUT2D eigenvalue weighted by molar-refractivity contribution is -0.132. The third-order valence-corrected chi connectivity index (χ3v) is 2.09. The predicted molar refractivity (Wildman–Crippen MR) is 61.5 cm³/mol. The lowest BCUT2D eigenvalue weighted by Gasteiger charge is -1.99. The van der Waals surface area contributed by atoms with E-state index in [-0.39, 0.29) is 10.7 Å². The number of halogens is 1. The third kappa shape index (κ3) is 3.24. The number of azide groups is 1. The van der Waals surface area contributed by atoms with Crippen molar-refractivity contribution in [1.29, 1.82) is 5.26 Å². The Kier molecular flexibility index (Phi) is 4.12. The summed E-state index contributed by atoms with van der Waals surface area (Å²) in [6.07, 6.45) is 1.17. The van der Waals surface area contributed by atoms with Crippen LogP contribution in [0.1, 0.15) is 5.56 Å². The Bertz CT molecular complexity index is 582. The monoisotopic (exact) mass is 248 g/mol. The van der Waals surface area contributed by atoms with E-state index in [4.69, 9.17) is 27.5 Å². The van der Waals surface area contributed by atoms with Crippen LogP contribution in [0.15, 0.2) is 28.9 Å². The highest BCUT2D eigenvalue weighted by molar-refractivity contribution is 6.33. The number of carbonyl (C=O) groups is 1. The molecule has 1 N–H and O–H groups in total. The van der Waals surface area contributed by atoms with Gasteiger partial charge in [-0.2, -0.15) is 5.26 Å². The molecule has 0 bridgehead atoms. The minimum Gasteiger partial charge on any atom is -0.477 e. The van der Waals surface area contributed by atoms with Gasteiger partial charge in [0.05, 0.1) is 10.7 Å². The number of nitriles is 1. The van der Waals surface area contributed by atoms with Crippen molar-refractivity contribution in [2.24, 2.45) is 5.11 Å². The summed E-state index contributed by atoms with van der Waals surface area (Å²) in [6.45, 7) is 0. The summed E-state index contributed by atoms with van der Waals surface area (Å²) in [5.41, 5.74) is 8.50. The van der Waals surface area contributed by atoms with E-state index in [0.29, 0.717) is 5.56 Å². The molecule has 84 valence electrons. The normalized spacial score (nSPS) is 10.2. The van der Waals surface area contributed by atoms with Crippen molar-refractivity contribution in [2.75, 3.05) is 0 Å². The van der Waals surface area contributed by atoms with Crippen molar-refractivity contribution < 1.29 is 9.90 Å². The van der Waals surface area contributed by atoms with Gasteiger partial charge in [-0.05, 0) is 23.2 Å². The van der Waals surface area contributed by atoms with E-state index in [0.717, 1.165) is 0 Å². The molecule has 0 amide bonds. The van der Waals surface area contributed by atoms with Gasteiger partial charge in [0.1, 0.15) is 11.6 Å². The van der Waals surface area contributed by atoms with E-state index < -0.39 is 11.5 Å². The van der Waals surface area contributed by atoms with Crippen LogP contribution in [0.4, 0.5) is 5.69 Å². The summed E-state index contributed by atoms with van der Waals surface area (Å²) < 4.78 is 0. The first-order chi connectivity index (χ1) is 8.08. The maximum atomic E-state index is 10.6. The molecule has 0 atom stereocenters. The summed E-state index contributed by atoms with van der Waals surface area (Å²) in [7, 11) is 0. The molecule has 0 aliphatic rings. The van der Waals surface area contributed by atoms with Gasteiger partial charge < -0.3 is 5.11 Å². The van der Waals surface area contributed by atoms with Crippen molar-refractivity contribution >= 4 is 29.3 Å². The van der Waals surface area contributed by atoms with Crippen molar-refractivity contribution in [1.82, 2.24) is 0 Å². The van der Waals surface area contributed by atoms with E-state index in [1.54, 1.807) is 6.07 Å². The Morgan fingerprint density at radius 2 is 2.35 bits per heavy atom. The van der Waals surface area contributed by atoms with Crippen molar-refractivity contribution in [3.8, 4) is 6.07 Å². The largest absolute Gasteiger partial charge is 0.477 e. The SMILES string of the molecule is N#CC(=Cc1ccc(N=[N+]=[N-])c(Cl)c1)C(=O)O. The Hall–Kier alpha value is -2.48. The number of nitrogens with zero attached hydrogens (tertiary/aromatic N) is 4. The van der Waals surface area contributed by atoms with Crippen LogP contribution in [-0.4, -0.2) is 11.1 Å². The first kappa shape index (κ1) is 12.6. The molecule has 1 aromatic carbocycles. The summed E-state index contributed by atoms with van der Waals surface area (Å²) in [4.78, 5) is 13.2. The molecular weight excluding hydrogens is 244 g/mol. The number of benzene rings is 1. The zero-order valence-electron chi connectivity index (χ0n) is 8.33. The predicted octanol–water partition coefficient (Wildman–Crippen LogP) is 3.27. The fourth-order valence-electron chi connectivity index (χ4n) is 1.05. The molecule has 0 aliphatic carbocycles. The molecule has 0 unspecified atom stereocenters. The van der Waals surface area contributed by atoms with Gasteiger partial charge in [0.25, 0.3) is 0 Å². The highest BCUT2D eigenvalue weighted by Gasteiger charge is 2.06. The van der Waals surface area contributed by atoms with Gasteiger partial charge in [0.2, 0.25) is 0 Å². The maximum absolute atomic E-state index is 10.6. The molecule has 0 heterocycles. The zero-order chi connectivity index (χ0) is 12.8. The van der Waals surface area contributed by atoms with E-state index in [1.807, 2.05) is 0 Å². The van der Waals surface area contributed by atoms with Gasteiger partial charge in [-0.1, -0.05) is 28.8 Å². The molecule has 6 nitrogen and oxygen atoms in total. The van der Waals surface area contributed by atoms with E-state index >= 15 is 0 Å². The topological polar surface area (TPSA) is 110 Å². The van der Waals surface area contributed by atoms with Gasteiger partial charge in [0, 0.05) is 4.91 Å². The number of aliphatic carboxylic acids is 1. The van der Waals surface area contributed by atoms with Crippen LogP contribution in [0.2, 0.25) is 5.02 Å². The van der Waals surface area contributed by atoms with Gasteiger partial charge in [-0.25, -0.2) is 4.79 Å². The van der Waals surface area contributed by atoms with Crippen molar-refractivity contribution in [2.45, 2.75) is 0 Å². The van der Waals surface area contributed by atoms with Gasteiger partial charge in [0.15, 0.2) is 0 Å². The smallest absolute Gasteiger partial charge is 0.346 e. The molecule has 0 fully saturated rings. The fourth-order valence-corrected chi connectivity index (χ4v) is 1.28. The van der Waals surface area contributed by atoms with Gasteiger partial charge in [-0.15, -0.1) is 0 Å². The lowest BCUT2D eigenvalue weighted by atomic mass is 10.1. The van der Waals surface area contributed by atoms with Crippen LogP contribution >= 0.6 is 11.6 Å². The highest BCUT2D eigenvalue weighted by atomic mass is 35.5. The number of hydrogen-bond acceptors (Lipinski definition) is 3. The Morgan fingerprint density at radius 1 is 1.65 bits per heavy atom. The molecular formula is C10H5ClN4O2. The van der Waals surface area contributed by atoms with Crippen molar-refractivity contribution in [3.63, 3.8) is 0 Å². The van der Waals surface area contributed by atoms with Gasteiger partial charge >= 0.3 is 5.97 Å². The Labute approximate surface area is 101 Å². The molecule has 0 saturated heterocycles. The average molecular weight is 249 g/mol. The number of hydrogen-bond donors (Lipinski definition) is 1. The van der Waals surface area contributed by atoms with Gasteiger partial charge in [-0.3, -0.25) is 0 Å². The first-order valence-corrected chi connectivity index (χ1v) is 4.66. The van der Waals surface area contributed by atoms with Crippen LogP contribution in [0, 0.1) is 11.3 Å². The minimum absolute atomic E-state index is 0.180. The van der Waals surface area contributed by atoms with E-state index in [1.165, 1.54) is 24.3 Å². The number of carboxylic acid groups (broad SMARTS) is 1. The third-order valence-electron chi connectivity index (χ3n) is 1.79. The second-order valence-electron chi connectivity index (χ2n) is 2.88. The van der Waals surface area contributed by atoms with E-state index in [2.05, 4.69) is 10.0 Å². The maximum Gasteiger partial charge on any atom is 0.346 e. The first-order valence-electron chi connectivity index (χ1n) is 4.28.